The Morgan fingerprint density at radius 3 is 2.84 bits per heavy atom. The van der Waals surface area contributed by atoms with E-state index in [0.717, 1.165) is 48.9 Å². The van der Waals surface area contributed by atoms with Gasteiger partial charge in [-0.1, -0.05) is 29.8 Å². The van der Waals surface area contributed by atoms with E-state index in [1.54, 1.807) is 6.20 Å². The van der Waals surface area contributed by atoms with Gasteiger partial charge >= 0.3 is 0 Å². The number of allylic oxidation sites excluding steroid dienone is 1. The van der Waals surface area contributed by atoms with E-state index < -0.39 is 0 Å². The molecule has 2 aliphatic rings. The maximum Gasteiger partial charge on any atom is 0.197 e. The molecule has 1 atom stereocenters. The SMILES string of the molecule is [C-]#[N+]C1=C(CN2CCOCC2)Nc2[nH]ncc2C1c1ccccc1Cl. The molecule has 0 amide bonds. The van der Waals surface area contributed by atoms with Gasteiger partial charge in [0.2, 0.25) is 0 Å². The summed E-state index contributed by atoms with van der Waals surface area (Å²) in [4.78, 5) is 6.17. The zero-order valence-electron chi connectivity index (χ0n) is 13.6. The van der Waals surface area contributed by atoms with Gasteiger partial charge in [-0.2, -0.15) is 5.10 Å². The van der Waals surface area contributed by atoms with E-state index in [9.17, 15) is 0 Å². The molecule has 0 spiro atoms. The number of anilines is 1. The highest BCUT2D eigenvalue weighted by molar-refractivity contribution is 6.31. The average molecular weight is 356 g/mol. The second kappa shape index (κ2) is 6.89. The molecule has 2 aromatic rings. The number of rotatable bonds is 3. The lowest BCUT2D eigenvalue weighted by Gasteiger charge is -2.32. The molecule has 0 radical (unpaired) electrons. The molecule has 1 unspecified atom stereocenters. The van der Waals surface area contributed by atoms with Crippen LogP contribution < -0.4 is 5.32 Å². The Labute approximate surface area is 151 Å². The van der Waals surface area contributed by atoms with Crippen molar-refractivity contribution in [2.24, 2.45) is 0 Å². The summed E-state index contributed by atoms with van der Waals surface area (Å²) in [5, 5.41) is 11.2. The fraction of sp³-hybridized carbons (Fsp3) is 0.333. The minimum atomic E-state index is -0.211. The summed E-state index contributed by atoms with van der Waals surface area (Å²) in [6.07, 6.45) is 1.77. The number of halogens is 1. The van der Waals surface area contributed by atoms with Crippen molar-refractivity contribution in [1.29, 1.82) is 0 Å². The Kier molecular flexibility index (Phi) is 4.45. The number of H-pyrrole nitrogens is 1. The van der Waals surface area contributed by atoms with Crippen LogP contribution in [0.2, 0.25) is 5.02 Å². The minimum Gasteiger partial charge on any atom is -0.379 e. The number of morpholine rings is 1. The van der Waals surface area contributed by atoms with E-state index in [1.165, 1.54) is 0 Å². The standard InChI is InChI=1S/C18H18ClN5O/c1-20-17-15(11-24-6-8-25-9-7-24)22-18-13(10-21-23-18)16(17)12-4-2-3-5-14(12)19/h2-5,10,16H,6-9,11H2,(H2,21,22,23). The Bertz CT molecular complexity index is 847. The number of aromatic amines is 1. The molecule has 3 heterocycles. The number of hydrogen-bond donors (Lipinski definition) is 2. The van der Waals surface area contributed by atoms with Crippen molar-refractivity contribution in [1.82, 2.24) is 15.1 Å². The van der Waals surface area contributed by atoms with E-state index in [4.69, 9.17) is 22.9 Å². The highest BCUT2D eigenvalue weighted by Gasteiger charge is 2.33. The number of fused-ring (bicyclic) bond motifs is 1. The highest BCUT2D eigenvalue weighted by Crippen LogP contribution is 2.43. The van der Waals surface area contributed by atoms with Crippen LogP contribution in [-0.2, 0) is 4.74 Å². The molecule has 0 saturated carbocycles. The van der Waals surface area contributed by atoms with Gasteiger partial charge in [-0.25, -0.2) is 4.85 Å². The largest absolute Gasteiger partial charge is 0.379 e. The van der Waals surface area contributed by atoms with E-state index >= 15 is 0 Å². The van der Waals surface area contributed by atoms with Gasteiger partial charge in [0.1, 0.15) is 5.82 Å². The molecule has 128 valence electrons. The molecule has 2 aliphatic heterocycles. The molecule has 7 heteroatoms. The lowest BCUT2D eigenvalue weighted by Crippen LogP contribution is -2.39. The van der Waals surface area contributed by atoms with Crippen LogP contribution in [0.3, 0.4) is 0 Å². The first-order valence-electron chi connectivity index (χ1n) is 8.23. The van der Waals surface area contributed by atoms with Crippen LogP contribution in [0.15, 0.2) is 41.9 Å². The van der Waals surface area contributed by atoms with Gasteiger partial charge in [0.05, 0.1) is 31.9 Å². The van der Waals surface area contributed by atoms with E-state index in [-0.39, 0.29) is 5.92 Å². The van der Waals surface area contributed by atoms with Gasteiger partial charge in [-0.3, -0.25) is 10.00 Å². The van der Waals surface area contributed by atoms with Crippen molar-refractivity contribution in [2.75, 3.05) is 38.2 Å². The smallest absolute Gasteiger partial charge is 0.197 e. The molecule has 1 fully saturated rings. The molecule has 2 N–H and O–H groups in total. The van der Waals surface area contributed by atoms with Gasteiger partial charge < -0.3 is 10.1 Å². The topological polar surface area (TPSA) is 57.5 Å². The summed E-state index contributed by atoms with van der Waals surface area (Å²) in [6, 6.07) is 7.69. The molecule has 4 rings (SSSR count). The first-order chi connectivity index (χ1) is 12.3. The Morgan fingerprint density at radius 2 is 2.08 bits per heavy atom. The number of benzene rings is 1. The first kappa shape index (κ1) is 16.2. The summed E-state index contributed by atoms with van der Waals surface area (Å²) in [6.45, 7) is 11.7. The number of nitrogens with one attached hydrogen (secondary N) is 2. The van der Waals surface area contributed by atoms with Crippen molar-refractivity contribution < 1.29 is 4.74 Å². The quantitative estimate of drug-likeness (QED) is 0.831. The number of aromatic nitrogens is 2. The van der Waals surface area contributed by atoms with Crippen LogP contribution in [0.1, 0.15) is 17.0 Å². The van der Waals surface area contributed by atoms with Crippen LogP contribution in [0, 0.1) is 6.57 Å². The Hall–Kier alpha value is -2.33. The second-order valence-electron chi connectivity index (χ2n) is 6.14. The zero-order chi connectivity index (χ0) is 17.2. The Balaban J connectivity index is 1.77. The first-order valence-corrected chi connectivity index (χ1v) is 8.61. The maximum atomic E-state index is 7.80. The van der Waals surface area contributed by atoms with Crippen molar-refractivity contribution >= 4 is 17.4 Å². The summed E-state index contributed by atoms with van der Waals surface area (Å²) >= 11 is 6.45. The molecule has 1 aromatic heterocycles. The number of hydrogen-bond acceptors (Lipinski definition) is 4. The third kappa shape index (κ3) is 3.02. The molecule has 1 saturated heterocycles. The minimum absolute atomic E-state index is 0.211. The fourth-order valence-corrected chi connectivity index (χ4v) is 3.66. The lowest BCUT2D eigenvalue weighted by molar-refractivity contribution is 0.0422. The predicted octanol–water partition coefficient (Wildman–Crippen LogP) is 3.08. The van der Waals surface area contributed by atoms with Crippen LogP contribution >= 0.6 is 11.6 Å². The van der Waals surface area contributed by atoms with Crippen molar-refractivity contribution in [3.05, 3.63) is 69.4 Å². The highest BCUT2D eigenvalue weighted by atomic mass is 35.5. The molecule has 0 bridgehead atoms. The fourth-order valence-electron chi connectivity index (χ4n) is 3.41. The molecule has 1 aromatic carbocycles. The monoisotopic (exact) mass is 355 g/mol. The van der Waals surface area contributed by atoms with Gasteiger partial charge in [0.25, 0.3) is 0 Å². The summed E-state index contributed by atoms with van der Waals surface area (Å²) in [5.41, 5.74) is 3.45. The third-order valence-electron chi connectivity index (χ3n) is 4.66. The summed E-state index contributed by atoms with van der Waals surface area (Å²) < 4.78 is 5.42. The van der Waals surface area contributed by atoms with Crippen LogP contribution in [0.4, 0.5) is 5.82 Å². The molecular formula is C18H18ClN5O. The van der Waals surface area contributed by atoms with Gasteiger partial charge in [0, 0.05) is 35.9 Å². The normalized spacial score (nSPS) is 20.7. The van der Waals surface area contributed by atoms with Crippen LogP contribution in [-0.4, -0.2) is 47.9 Å². The zero-order valence-corrected chi connectivity index (χ0v) is 14.4. The van der Waals surface area contributed by atoms with Crippen molar-refractivity contribution in [2.45, 2.75) is 5.92 Å². The molecule has 0 aliphatic carbocycles. The van der Waals surface area contributed by atoms with Crippen molar-refractivity contribution in [3.63, 3.8) is 0 Å². The van der Waals surface area contributed by atoms with Gasteiger partial charge in [0.15, 0.2) is 5.70 Å². The van der Waals surface area contributed by atoms with Gasteiger partial charge in [-0.05, 0) is 11.6 Å². The number of nitrogens with zero attached hydrogens (tertiary/aromatic N) is 3. The van der Waals surface area contributed by atoms with E-state index in [2.05, 4.69) is 25.3 Å². The summed E-state index contributed by atoms with van der Waals surface area (Å²) in [7, 11) is 0. The molecular weight excluding hydrogens is 338 g/mol. The average Bonchev–Trinajstić information content (AvgIpc) is 3.10. The van der Waals surface area contributed by atoms with E-state index in [1.807, 2.05) is 24.3 Å². The second-order valence-corrected chi connectivity index (χ2v) is 6.55. The maximum absolute atomic E-state index is 7.80. The third-order valence-corrected chi connectivity index (χ3v) is 5.00. The Morgan fingerprint density at radius 1 is 1.28 bits per heavy atom. The molecule has 25 heavy (non-hydrogen) atoms. The van der Waals surface area contributed by atoms with Gasteiger partial charge in [-0.15, -0.1) is 0 Å². The lowest BCUT2D eigenvalue weighted by atomic mass is 9.86. The van der Waals surface area contributed by atoms with Crippen molar-refractivity contribution in [3.8, 4) is 0 Å². The van der Waals surface area contributed by atoms with Crippen LogP contribution in [0.5, 0.6) is 0 Å². The molecule has 6 nitrogen and oxygen atoms in total. The predicted molar refractivity (Wildman–Crippen MR) is 96.4 cm³/mol. The summed E-state index contributed by atoms with van der Waals surface area (Å²) in [5.74, 6) is 0.623. The van der Waals surface area contributed by atoms with E-state index in [0.29, 0.717) is 17.3 Å². The number of ether oxygens (including phenoxy) is 1. The van der Waals surface area contributed by atoms with Crippen LogP contribution in [0.25, 0.3) is 4.85 Å².